The maximum atomic E-state index is 14.1. The van der Waals surface area contributed by atoms with Crippen LogP contribution in [-0.2, 0) is 28.7 Å². The number of halogens is 5. The topological polar surface area (TPSA) is 123 Å². The molecule has 3 amide bonds. The molecule has 0 aliphatic carbocycles. The molecule has 1 fully saturated rings. The van der Waals surface area contributed by atoms with Gasteiger partial charge in [-0.25, -0.2) is 23.5 Å². The fraction of sp³-hybridized carbons (Fsp3) is 0.577. The third-order valence-electron chi connectivity index (χ3n) is 7.14. The Morgan fingerprint density at radius 2 is 1.90 bits per heavy atom. The Labute approximate surface area is 232 Å². The zero-order valence-corrected chi connectivity index (χ0v) is 22.8. The van der Waals surface area contributed by atoms with Crippen molar-refractivity contribution in [2.75, 3.05) is 19.6 Å². The highest BCUT2D eigenvalue weighted by atomic mass is 19.4. The van der Waals surface area contributed by atoms with Gasteiger partial charge < -0.3 is 19.9 Å². The SMILES string of the molecule is CC(C)(C)N(C(=O)O)[C@@H](CC(=O)N1CCc2c(nc(-c3ccc[nH]3)nc2C(F)(F)F)C1)CN1CC(F)(F)CCC1=O. The lowest BCUT2D eigenvalue weighted by Crippen LogP contribution is -2.58. The number of aromatic amines is 1. The number of nitrogens with one attached hydrogen (secondary N) is 1. The van der Waals surface area contributed by atoms with Crippen molar-refractivity contribution in [3.63, 3.8) is 0 Å². The molecule has 0 saturated carbocycles. The first-order valence-electron chi connectivity index (χ1n) is 13.0. The molecule has 0 spiro atoms. The number of likely N-dealkylation sites (tertiary alicyclic amines) is 1. The first kappa shape index (κ1) is 30.2. The number of nitrogens with zero attached hydrogens (tertiary/aromatic N) is 5. The van der Waals surface area contributed by atoms with Gasteiger partial charge in [0.1, 0.15) is 0 Å². The minimum absolute atomic E-state index is 0.00448. The fourth-order valence-corrected chi connectivity index (χ4v) is 5.34. The first-order chi connectivity index (χ1) is 19.0. The number of amides is 3. The zero-order chi connectivity index (χ0) is 30.3. The lowest BCUT2D eigenvalue weighted by Gasteiger charge is -2.43. The number of rotatable bonds is 6. The van der Waals surface area contributed by atoms with Gasteiger partial charge in [0.2, 0.25) is 11.8 Å². The average molecular weight is 587 g/mol. The number of H-pyrrole nitrogens is 1. The number of hydrogen-bond donors (Lipinski definition) is 2. The van der Waals surface area contributed by atoms with E-state index in [-0.39, 0.29) is 42.3 Å². The Morgan fingerprint density at radius 3 is 2.49 bits per heavy atom. The predicted octanol–water partition coefficient (Wildman–Crippen LogP) is 4.17. The summed E-state index contributed by atoms with van der Waals surface area (Å²) in [5, 5.41) is 9.98. The van der Waals surface area contributed by atoms with Crippen LogP contribution >= 0.6 is 0 Å². The molecule has 0 bridgehead atoms. The third-order valence-corrected chi connectivity index (χ3v) is 7.14. The van der Waals surface area contributed by atoms with Crippen LogP contribution in [0.1, 0.15) is 57.0 Å². The summed E-state index contributed by atoms with van der Waals surface area (Å²) in [5.74, 6) is -4.53. The Morgan fingerprint density at radius 1 is 1.20 bits per heavy atom. The van der Waals surface area contributed by atoms with E-state index in [9.17, 15) is 41.4 Å². The molecule has 2 aromatic heterocycles. The van der Waals surface area contributed by atoms with E-state index in [1.165, 1.54) is 17.2 Å². The molecule has 4 rings (SSSR count). The number of carbonyl (C=O) groups is 3. The van der Waals surface area contributed by atoms with E-state index in [1.54, 1.807) is 26.8 Å². The number of alkyl halides is 5. The van der Waals surface area contributed by atoms with Crippen LogP contribution in [0.4, 0.5) is 26.7 Å². The lowest BCUT2D eigenvalue weighted by molar-refractivity contribution is -0.149. The minimum Gasteiger partial charge on any atom is -0.465 e. The van der Waals surface area contributed by atoms with Crippen LogP contribution in [0.15, 0.2) is 18.3 Å². The number of carboxylic acid groups (broad SMARTS) is 1. The van der Waals surface area contributed by atoms with Gasteiger partial charge in [-0.1, -0.05) is 0 Å². The van der Waals surface area contributed by atoms with E-state index >= 15 is 0 Å². The normalized spacial score (nSPS) is 18.2. The van der Waals surface area contributed by atoms with E-state index in [1.807, 2.05) is 0 Å². The number of piperidine rings is 1. The maximum Gasteiger partial charge on any atom is 0.433 e. The molecule has 0 radical (unpaired) electrons. The predicted molar refractivity (Wildman–Crippen MR) is 135 cm³/mol. The van der Waals surface area contributed by atoms with Crippen molar-refractivity contribution in [1.82, 2.24) is 29.7 Å². The van der Waals surface area contributed by atoms with Gasteiger partial charge in [0, 0.05) is 49.7 Å². The van der Waals surface area contributed by atoms with Gasteiger partial charge in [0.25, 0.3) is 5.92 Å². The number of carbonyl (C=O) groups excluding carboxylic acids is 2. The summed E-state index contributed by atoms with van der Waals surface area (Å²) >= 11 is 0. The van der Waals surface area contributed by atoms with E-state index in [0.29, 0.717) is 0 Å². The van der Waals surface area contributed by atoms with Crippen LogP contribution in [0.3, 0.4) is 0 Å². The molecule has 2 aromatic rings. The van der Waals surface area contributed by atoms with Crippen molar-refractivity contribution in [2.24, 2.45) is 0 Å². The summed E-state index contributed by atoms with van der Waals surface area (Å²) in [6, 6.07) is 1.90. The van der Waals surface area contributed by atoms with Crippen LogP contribution in [0.25, 0.3) is 11.5 Å². The van der Waals surface area contributed by atoms with E-state index in [2.05, 4.69) is 15.0 Å². The van der Waals surface area contributed by atoms with E-state index < -0.39 is 79.6 Å². The van der Waals surface area contributed by atoms with Gasteiger partial charge in [-0.15, -0.1) is 0 Å². The fourth-order valence-electron chi connectivity index (χ4n) is 5.34. The summed E-state index contributed by atoms with van der Waals surface area (Å²) in [7, 11) is 0. The molecule has 4 heterocycles. The van der Waals surface area contributed by atoms with Crippen LogP contribution < -0.4 is 0 Å². The molecular formula is C26H31F5N6O4. The molecule has 0 unspecified atom stereocenters. The molecule has 15 heteroatoms. The number of hydrogen-bond acceptors (Lipinski definition) is 5. The Bertz CT molecular complexity index is 1310. The second-order valence-electron chi connectivity index (χ2n) is 11.3. The van der Waals surface area contributed by atoms with Crippen molar-refractivity contribution < 1.29 is 41.4 Å². The van der Waals surface area contributed by atoms with E-state index in [0.717, 1.165) is 9.80 Å². The summed E-state index contributed by atoms with van der Waals surface area (Å²) in [5.41, 5.74) is -2.02. The second kappa shape index (κ2) is 10.9. The van der Waals surface area contributed by atoms with Gasteiger partial charge in [0.15, 0.2) is 11.5 Å². The monoisotopic (exact) mass is 586 g/mol. The van der Waals surface area contributed by atoms with Crippen LogP contribution in [0, 0.1) is 0 Å². The molecule has 0 aromatic carbocycles. The van der Waals surface area contributed by atoms with Crippen molar-refractivity contribution in [3.8, 4) is 11.5 Å². The summed E-state index contributed by atoms with van der Waals surface area (Å²) in [6.07, 6.45) is -6.36. The Kier molecular flexibility index (Phi) is 8.02. The Hall–Kier alpha value is -3.78. The lowest BCUT2D eigenvalue weighted by atomic mass is 9.98. The smallest absolute Gasteiger partial charge is 0.433 e. The largest absolute Gasteiger partial charge is 0.465 e. The van der Waals surface area contributed by atoms with Crippen molar-refractivity contribution in [2.45, 2.75) is 76.7 Å². The highest BCUT2D eigenvalue weighted by Gasteiger charge is 2.44. The van der Waals surface area contributed by atoms with Gasteiger partial charge in [0.05, 0.1) is 30.5 Å². The number of fused-ring (bicyclic) bond motifs is 1. The van der Waals surface area contributed by atoms with Crippen molar-refractivity contribution >= 4 is 17.9 Å². The zero-order valence-electron chi connectivity index (χ0n) is 22.8. The molecule has 41 heavy (non-hydrogen) atoms. The van der Waals surface area contributed by atoms with E-state index in [4.69, 9.17) is 0 Å². The number of aromatic nitrogens is 3. The van der Waals surface area contributed by atoms with Crippen LogP contribution in [0.5, 0.6) is 0 Å². The molecule has 10 nitrogen and oxygen atoms in total. The standard InChI is InChI=1S/C26H31F5N6O4/c1-24(2,3)37(23(40)41)15(12-36-14-25(27,28)8-6-19(36)38)11-20(39)35-10-7-16-18(13-35)33-22(17-5-4-9-32-17)34-21(16)26(29,30)31/h4-5,9,15,32H,6-8,10-14H2,1-3H3,(H,40,41)/t15-/m0/s1. The Balaban J connectivity index is 1.62. The molecule has 1 saturated heterocycles. The molecule has 2 aliphatic heterocycles. The quantitative estimate of drug-likeness (QED) is 0.490. The summed E-state index contributed by atoms with van der Waals surface area (Å²) < 4.78 is 69.9. The molecule has 224 valence electrons. The summed E-state index contributed by atoms with van der Waals surface area (Å²) in [4.78, 5) is 52.1. The van der Waals surface area contributed by atoms with Gasteiger partial charge in [-0.2, -0.15) is 13.2 Å². The van der Waals surface area contributed by atoms with Crippen molar-refractivity contribution in [1.29, 1.82) is 0 Å². The van der Waals surface area contributed by atoms with Crippen LogP contribution in [0.2, 0.25) is 0 Å². The van der Waals surface area contributed by atoms with Crippen molar-refractivity contribution in [3.05, 3.63) is 35.3 Å². The molecule has 2 aliphatic rings. The highest BCUT2D eigenvalue weighted by molar-refractivity contribution is 5.80. The summed E-state index contributed by atoms with van der Waals surface area (Å²) in [6.45, 7) is 2.97. The molecule has 2 N–H and O–H groups in total. The molecular weight excluding hydrogens is 555 g/mol. The van der Waals surface area contributed by atoms with Gasteiger partial charge in [-0.05, 0) is 39.3 Å². The second-order valence-corrected chi connectivity index (χ2v) is 11.3. The first-order valence-corrected chi connectivity index (χ1v) is 13.0. The minimum atomic E-state index is -4.76. The molecule has 1 atom stereocenters. The van der Waals surface area contributed by atoms with Crippen LogP contribution in [-0.4, -0.2) is 89.8 Å². The maximum absolute atomic E-state index is 14.1. The van der Waals surface area contributed by atoms with Gasteiger partial charge in [-0.3, -0.25) is 14.5 Å². The van der Waals surface area contributed by atoms with Gasteiger partial charge >= 0.3 is 12.3 Å². The third kappa shape index (κ3) is 6.76. The average Bonchev–Trinajstić information content (AvgIpc) is 3.38. The highest BCUT2D eigenvalue weighted by Crippen LogP contribution is 2.35.